The first kappa shape index (κ1) is 20.6. The van der Waals surface area contributed by atoms with E-state index in [1.165, 1.54) is 6.92 Å². The number of carboxylic acids is 1. The van der Waals surface area contributed by atoms with E-state index in [1.807, 2.05) is 23.1 Å². The molecule has 0 aromatic heterocycles. The van der Waals surface area contributed by atoms with Gasteiger partial charge in [-0.2, -0.15) is 0 Å². The Bertz CT molecular complexity index is 696. The number of nitrogens with one attached hydrogen (secondary N) is 2. The van der Waals surface area contributed by atoms with Gasteiger partial charge in [0.2, 0.25) is 5.91 Å². The smallest absolute Gasteiger partial charge is 0.325 e. The summed E-state index contributed by atoms with van der Waals surface area (Å²) >= 11 is 0. The molecule has 0 saturated carbocycles. The predicted molar refractivity (Wildman–Crippen MR) is 103 cm³/mol. The van der Waals surface area contributed by atoms with E-state index in [-0.39, 0.29) is 5.91 Å². The lowest BCUT2D eigenvalue weighted by Crippen LogP contribution is -2.46. The van der Waals surface area contributed by atoms with Gasteiger partial charge in [-0.25, -0.2) is 0 Å². The summed E-state index contributed by atoms with van der Waals surface area (Å²) in [5.74, 6) is -1.28. The van der Waals surface area contributed by atoms with E-state index in [1.54, 1.807) is 18.2 Å². The van der Waals surface area contributed by atoms with Crippen LogP contribution >= 0.6 is 0 Å². The number of allylic oxidation sites excluding steroid dienone is 1. The highest BCUT2D eigenvalue weighted by Gasteiger charge is 2.16. The molecule has 0 aliphatic carbocycles. The highest BCUT2D eigenvalue weighted by molar-refractivity contribution is 5.96. The normalized spacial score (nSPS) is 15.5. The lowest BCUT2D eigenvalue weighted by molar-refractivity contribution is -0.138. The minimum atomic E-state index is -1.07. The summed E-state index contributed by atoms with van der Waals surface area (Å²) in [6, 6.07) is 6.05. The molecule has 0 spiro atoms. The van der Waals surface area contributed by atoms with Crippen LogP contribution in [0.2, 0.25) is 0 Å². The zero-order valence-corrected chi connectivity index (χ0v) is 15.6. The second-order valence-corrected chi connectivity index (χ2v) is 6.58. The van der Waals surface area contributed by atoms with E-state index in [9.17, 15) is 14.4 Å². The van der Waals surface area contributed by atoms with E-state index in [2.05, 4.69) is 10.6 Å². The fourth-order valence-corrected chi connectivity index (χ4v) is 2.79. The molecule has 1 heterocycles. The van der Waals surface area contributed by atoms with Crippen molar-refractivity contribution < 1.29 is 19.5 Å². The molecule has 1 aromatic rings. The van der Waals surface area contributed by atoms with Crippen molar-refractivity contribution in [3.05, 3.63) is 41.5 Å². The van der Waals surface area contributed by atoms with Gasteiger partial charge in [-0.3, -0.25) is 14.4 Å². The van der Waals surface area contributed by atoms with E-state index in [0.717, 1.165) is 44.6 Å². The molecule has 2 amide bonds. The number of aliphatic carboxylic acids is 1. The summed E-state index contributed by atoms with van der Waals surface area (Å²) in [6.07, 6.45) is 6.01. The van der Waals surface area contributed by atoms with Gasteiger partial charge in [-0.15, -0.1) is 0 Å². The second kappa shape index (κ2) is 10.5. The van der Waals surface area contributed by atoms with Crippen molar-refractivity contribution in [1.29, 1.82) is 0 Å². The third kappa shape index (κ3) is 6.86. The number of benzene rings is 1. The lowest BCUT2D eigenvalue weighted by Gasteiger charge is -2.27. The van der Waals surface area contributed by atoms with Crippen LogP contribution in [0.5, 0.6) is 0 Å². The molecule has 0 radical (unpaired) electrons. The molecule has 0 bridgehead atoms. The highest BCUT2D eigenvalue weighted by atomic mass is 16.4. The van der Waals surface area contributed by atoms with E-state index >= 15 is 0 Å². The number of carbonyl (C=O) groups is 3. The summed E-state index contributed by atoms with van der Waals surface area (Å²) in [6.45, 7) is 4.71. The van der Waals surface area contributed by atoms with Crippen LogP contribution in [0.1, 0.15) is 42.1 Å². The second-order valence-electron chi connectivity index (χ2n) is 6.58. The summed E-state index contributed by atoms with van der Waals surface area (Å²) < 4.78 is 0. The summed E-state index contributed by atoms with van der Waals surface area (Å²) in [5.41, 5.74) is 1.28. The molecule has 146 valence electrons. The van der Waals surface area contributed by atoms with Gasteiger partial charge in [0.15, 0.2) is 0 Å². The molecule has 2 rings (SSSR count). The summed E-state index contributed by atoms with van der Waals surface area (Å²) in [5, 5.41) is 14.5. The molecule has 0 unspecified atom stereocenters. The molecule has 1 fully saturated rings. The molecule has 7 heteroatoms. The molecule has 3 N–H and O–H groups in total. The monoisotopic (exact) mass is 373 g/mol. The Labute approximate surface area is 159 Å². The summed E-state index contributed by atoms with van der Waals surface area (Å²) in [7, 11) is 0. The number of piperazine rings is 1. The number of amides is 2. The van der Waals surface area contributed by atoms with E-state index in [0.29, 0.717) is 12.0 Å². The molecular formula is C20H27N3O4. The average Bonchev–Trinajstić information content (AvgIpc) is 2.68. The third-order valence-corrected chi connectivity index (χ3v) is 4.41. The van der Waals surface area contributed by atoms with Gasteiger partial charge in [-0.05, 0) is 37.5 Å². The molecular weight excluding hydrogens is 346 g/mol. The molecule has 1 aliphatic heterocycles. The molecule has 1 atom stereocenters. The van der Waals surface area contributed by atoms with Crippen LogP contribution in [0, 0.1) is 0 Å². The van der Waals surface area contributed by atoms with Crippen LogP contribution in [0.4, 0.5) is 0 Å². The number of carboxylic acid groups (broad SMARTS) is 1. The van der Waals surface area contributed by atoms with Crippen LogP contribution < -0.4 is 10.6 Å². The molecule has 1 aromatic carbocycles. The quantitative estimate of drug-likeness (QED) is 0.600. The van der Waals surface area contributed by atoms with Crippen molar-refractivity contribution in [1.82, 2.24) is 15.5 Å². The van der Waals surface area contributed by atoms with Gasteiger partial charge in [0.05, 0.1) is 0 Å². The number of nitrogens with zero attached hydrogens (tertiary/aromatic N) is 1. The summed E-state index contributed by atoms with van der Waals surface area (Å²) in [4.78, 5) is 36.9. The minimum Gasteiger partial charge on any atom is -0.480 e. The van der Waals surface area contributed by atoms with Crippen LogP contribution in [0.25, 0.3) is 6.08 Å². The largest absolute Gasteiger partial charge is 0.480 e. The van der Waals surface area contributed by atoms with Crippen molar-refractivity contribution in [2.45, 2.75) is 32.2 Å². The van der Waals surface area contributed by atoms with Crippen LogP contribution in [-0.2, 0) is 9.59 Å². The highest BCUT2D eigenvalue weighted by Crippen LogP contribution is 2.10. The zero-order chi connectivity index (χ0) is 19.6. The molecule has 1 aliphatic rings. The maximum Gasteiger partial charge on any atom is 0.325 e. The zero-order valence-electron chi connectivity index (χ0n) is 15.6. The topological polar surface area (TPSA) is 98.7 Å². The first-order valence-corrected chi connectivity index (χ1v) is 9.26. The maximum atomic E-state index is 12.1. The Kier molecular flexibility index (Phi) is 8.00. The van der Waals surface area contributed by atoms with E-state index < -0.39 is 17.9 Å². The maximum absolute atomic E-state index is 12.1. The Morgan fingerprint density at radius 2 is 2.04 bits per heavy atom. The molecule has 7 nitrogen and oxygen atoms in total. The van der Waals surface area contributed by atoms with Crippen LogP contribution in [0.3, 0.4) is 0 Å². The van der Waals surface area contributed by atoms with Gasteiger partial charge >= 0.3 is 5.97 Å². The Balaban J connectivity index is 1.78. The molecule has 1 saturated heterocycles. The van der Waals surface area contributed by atoms with Gasteiger partial charge in [0.1, 0.15) is 6.04 Å². The number of hydrogen-bond acceptors (Lipinski definition) is 4. The number of rotatable bonds is 8. The SMILES string of the molecule is C[C@@H](NC(=O)c1cccc(/C=C\CCCC(=O)N2CCNCC2)c1)C(=O)O. The van der Waals surface area contributed by atoms with Crippen LogP contribution in [0.15, 0.2) is 30.3 Å². The number of unbranched alkanes of at least 4 members (excludes halogenated alkanes) is 1. The van der Waals surface area contributed by atoms with Gasteiger partial charge < -0.3 is 20.6 Å². The first-order valence-electron chi connectivity index (χ1n) is 9.26. The van der Waals surface area contributed by atoms with Crippen molar-refractivity contribution >= 4 is 23.9 Å². The van der Waals surface area contributed by atoms with Crippen molar-refractivity contribution in [3.63, 3.8) is 0 Å². The van der Waals surface area contributed by atoms with Crippen molar-refractivity contribution in [2.24, 2.45) is 0 Å². The predicted octanol–water partition coefficient (Wildman–Crippen LogP) is 1.50. The Morgan fingerprint density at radius 1 is 1.30 bits per heavy atom. The fraction of sp³-hybridized carbons (Fsp3) is 0.450. The lowest BCUT2D eigenvalue weighted by atomic mass is 10.1. The molecule has 27 heavy (non-hydrogen) atoms. The van der Waals surface area contributed by atoms with Crippen molar-refractivity contribution in [3.8, 4) is 0 Å². The van der Waals surface area contributed by atoms with Crippen molar-refractivity contribution in [2.75, 3.05) is 26.2 Å². The van der Waals surface area contributed by atoms with Crippen LogP contribution in [-0.4, -0.2) is 60.0 Å². The van der Waals surface area contributed by atoms with Gasteiger partial charge in [-0.1, -0.05) is 24.3 Å². The Hall–Kier alpha value is -2.67. The van der Waals surface area contributed by atoms with E-state index in [4.69, 9.17) is 5.11 Å². The van der Waals surface area contributed by atoms with Gasteiger partial charge in [0, 0.05) is 38.2 Å². The Morgan fingerprint density at radius 3 is 2.74 bits per heavy atom. The third-order valence-electron chi connectivity index (χ3n) is 4.41. The number of carbonyl (C=O) groups excluding carboxylic acids is 2. The standard InChI is InChI=1S/C20H27N3O4/c1-15(20(26)27)22-19(25)17-8-5-7-16(14-17)6-3-2-4-9-18(24)23-12-10-21-11-13-23/h3,5-8,14-15,21H,2,4,9-13H2,1H3,(H,22,25)(H,26,27)/b6-3-/t15-/m1/s1. The fourth-order valence-electron chi connectivity index (χ4n) is 2.79. The number of hydrogen-bond donors (Lipinski definition) is 3. The van der Waals surface area contributed by atoms with Gasteiger partial charge in [0.25, 0.3) is 5.91 Å². The minimum absolute atomic E-state index is 0.205. The average molecular weight is 373 g/mol. The first-order chi connectivity index (χ1) is 13.0.